The Bertz CT molecular complexity index is 766. The van der Waals surface area contributed by atoms with Crippen LogP contribution in [0.25, 0.3) is 0 Å². The zero-order chi connectivity index (χ0) is 17.6. The number of benzene rings is 2. The van der Waals surface area contributed by atoms with E-state index in [9.17, 15) is 9.59 Å². The number of hydrogen-bond acceptors (Lipinski definition) is 5. The summed E-state index contributed by atoms with van der Waals surface area (Å²) >= 11 is 3.31. The van der Waals surface area contributed by atoms with E-state index >= 15 is 0 Å². The molecule has 1 heterocycles. The highest BCUT2D eigenvalue weighted by Crippen LogP contribution is 2.30. The molecule has 0 spiro atoms. The first-order valence-electron chi connectivity index (χ1n) is 7.47. The van der Waals surface area contributed by atoms with Crippen molar-refractivity contribution in [3.8, 4) is 17.2 Å². The van der Waals surface area contributed by atoms with Gasteiger partial charge in [-0.15, -0.1) is 0 Å². The number of nitrogens with one attached hydrogen (secondary N) is 2. The Balaban J connectivity index is 1.43. The van der Waals surface area contributed by atoms with Crippen molar-refractivity contribution in [3.05, 3.63) is 53.0 Å². The maximum atomic E-state index is 12.0. The predicted molar refractivity (Wildman–Crippen MR) is 92.3 cm³/mol. The Morgan fingerprint density at radius 1 is 1.08 bits per heavy atom. The Morgan fingerprint density at radius 3 is 2.56 bits per heavy atom. The van der Waals surface area contributed by atoms with E-state index in [1.807, 2.05) is 6.07 Å². The average Bonchev–Trinajstić information content (AvgIpc) is 2.65. The lowest BCUT2D eigenvalue weighted by Gasteiger charge is -2.25. The van der Waals surface area contributed by atoms with Crippen molar-refractivity contribution in [1.29, 1.82) is 0 Å². The number of hydrogen-bond donors (Lipinski definition) is 2. The van der Waals surface area contributed by atoms with E-state index in [0.29, 0.717) is 17.2 Å². The third kappa shape index (κ3) is 4.63. The van der Waals surface area contributed by atoms with Gasteiger partial charge in [0.2, 0.25) is 6.10 Å². The number of rotatable bonds is 4. The summed E-state index contributed by atoms with van der Waals surface area (Å²) in [6.07, 6.45) is -0.845. The SMILES string of the molecule is O=C(COc1ccc(Br)cc1)NNC(=O)C1COc2ccccc2O1. The smallest absolute Gasteiger partial charge is 0.283 e. The first kappa shape index (κ1) is 17.1. The topological polar surface area (TPSA) is 85.9 Å². The van der Waals surface area contributed by atoms with Gasteiger partial charge >= 0.3 is 0 Å². The van der Waals surface area contributed by atoms with Gasteiger partial charge in [-0.2, -0.15) is 0 Å². The van der Waals surface area contributed by atoms with Crippen molar-refractivity contribution in [1.82, 2.24) is 10.9 Å². The lowest BCUT2D eigenvalue weighted by atomic mass is 10.2. The number of ether oxygens (including phenoxy) is 3. The molecule has 7 nitrogen and oxygen atoms in total. The van der Waals surface area contributed by atoms with Gasteiger partial charge in [-0.1, -0.05) is 28.1 Å². The van der Waals surface area contributed by atoms with E-state index in [4.69, 9.17) is 14.2 Å². The second-order valence-electron chi connectivity index (χ2n) is 5.14. The summed E-state index contributed by atoms with van der Waals surface area (Å²) in [6, 6.07) is 14.1. The Morgan fingerprint density at radius 2 is 1.80 bits per heavy atom. The van der Waals surface area contributed by atoms with Gasteiger partial charge in [-0.05, 0) is 36.4 Å². The molecule has 1 aliphatic heterocycles. The van der Waals surface area contributed by atoms with Crippen molar-refractivity contribution < 1.29 is 23.8 Å². The van der Waals surface area contributed by atoms with Crippen LogP contribution in [0.5, 0.6) is 17.2 Å². The molecule has 3 rings (SSSR count). The summed E-state index contributed by atoms with van der Waals surface area (Å²) in [5.74, 6) is 0.613. The summed E-state index contributed by atoms with van der Waals surface area (Å²) in [7, 11) is 0. The van der Waals surface area contributed by atoms with Gasteiger partial charge in [0.15, 0.2) is 18.1 Å². The fourth-order valence-corrected chi connectivity index (χ4v) is 2.34. The molecule has 0 aliphatic carbocycles. The molecular weight excluding hydrogens is 392 g/mol. The number of carbonyl (C=O) groups is 2. The minimum atomic E-state index is -0.845. The van der Waals surface area contributed by atoms with Crippen LogP contribution in [-0.2, 0) is 9.59 Å². The third-order valence-electron chi connectivity index (χ3n) is 3.31. The second-order valence-corrected chi connectivity index (χ2v) is 6.06. The van der Waals surface area contributed by atoms with Crippen molar-refractivity contribution in [2.24, 2.45) is 0 Å². The van der Waals surface area contributed by atoms with Crippen LogP contribution < -0.4 is 25.1 Å². The van der Waals surface area contributed by atoms with Gasteiger partial charge in [0.1, 0.15) is 12.4 Å². The minimum Gasteiger partial charge on any atom is -0.485 e. The average molecular weight is 407 g/mol. The molecule has 0 radical (unpaired) electrons. The van der Waals surface area contributed by atoms with Crippen molar-refractivity contribution in [2.45, 2.75) is 6.10 Å². The molecule has 1 unspecified atom stereocenters. The molecule has 0 aromatic heterocycles. The molecule has 1 aliphatic rings. The number of para-hydroxylation sites is 2. The Kier molecular flexibility index (Phi) is 5.39. The third-order valence-corrected chi connectivity index (χ3v) is 3.84. The lowest BCUT2D eigenvalue weighted by Crippen LogP contribution is -2.51. The maximum absolute atomic E-state index is 12.0. The summed E-state index contributed by atoms with van der Waals surface area (Å²) in [5, 5.41) is 0. The van der Waals surface area contributed by atoms with E-state index in [1.54, 1.807) is 42.5 Å². The zero-order valence-electron chi connectivity index (χ0n) is 13.0. The van der Waals surface area contributed by atoms with E-state index in [2.05, 4.69) is 26.8 Å². The van der Waals surface area contributed by atoms with Crippen LogP contribution in [0, 0.1) is 0 Å². The molecule has 2 aromatic carbocycles. The molecule has 130 valence electrons. The molecule has 2 amide bonds. The highest BCUT2D eigenvalue weighted by molar-refractivity contribution is 9.10. The summed E-state index contributed by atoms with van der Waals surface area (Å²) in [6.45, 7) is -0.166. The van der Waals surface area contributed by atoms with Gasteiger partial charge < -0.3 is 14.2 Å². The molecule has 0 saturated heterocycles. The number of amides is 2. The standard InChI is InChI=1S/C17H15BrN2O5/c18-11-5-7-12(8-6-11)23-10-16(21)19-20-17(22)15-9-24-13-3-1-2-4-14(13)25-15/h1-8,15H,9-10H2,(H,19,21)(H,20,22). The molecule has 0 fully saturated rings. The van der Waals surface area contributed by atoms with Crippen LogP contribution in [0.3, 0.4) is 0 Å². The van der Waals surface area contributed by atoms with E-state index < -0.39 is 17.9 Å². The van der Waals surface area contributed by atoms with E-state index in [-0.39, 0.29) is 13.2 Å². The zero-order valence-corrected chi connectivity index (χ0v) is 14.6. The molecule has 8 heteroatoms. The minimum absolute atomic E-state index is 0.0636. The van der Waals surface area contributed by atoms with Gasteiger partial charge in [-0.25, -0.2) is 0 Å². The number of fused-ring (bicyclic) bond motifs is 1. The lowest BCUT2D eigenvalue weighted by molar-refractivity contribution is -0.135. The maximum Gasteiger partial charge on any atom is 0.283 e. The van der Waals surface area contributed by atoms with Crippen LogP contribution in [0.2, 0.25) is 0 Å². The van der Waals surface area contributed by atoms with Crippen LogP contribution >= 0.6 is 15.9 Å². The van der Waals surface area contributed by atoms with Crippen LogP contribution in [-0.4, -0.2) is 31.1 Å². The van der Waals surface area contributed by atoms with Crippen molar-refractivity contribution in [3.63, 3.8) is 0 Å². The summed E-state index contributed by atoms with van der Waals surface area (Å²) in [5.41, 5.74) is 4.57. The highest BCUT2D eigenvalue weighted by atomic mass is 79.9. The molecule has 0 bridgehead atoms. The summed E-state index contributed by atoms with van der Waals surface area (Å²) < 4.78 is 17.2. The van der Waals surface area contributed by atoms with Crippen molar-refractivity contribution >= 4 is 27.7 Å². The number of halogens is 1. The van der Waals surface area contributed by atoms with Crippen LogP contribution in [0.1, 0.15) is 0 Å². The Labute approximate surface area is 152 Å². The normalized spacial score (nSPS) is 15.2. The molecule has 2 N–H and O–H groups in total. The summed E-state index contributed by atoms with van der Waals surface area (Å²) in [4.78, 5) is 23.8. The van der Waals surface area contributed by atoms with Crippen LogP contribution in [0.4, 0.5) is 0 Å². The first-order valence-corrected chi connectivity index (χ1v) is 8.26. The van der Waals surface area contributed by atoms with E-state index in [0.717, 1.165) is 4.47 Å². The van der Waals surface area contributed by atoms with Gasteiger partial charge in [0, 0.05) is 4.47 Å². The molecule has 1 atom stereocenters. The van der Waals surface area contributed by atoms with E-state index in [1.165, 1.54) is 0 Å². The van der Waals surface area contributed by atoms with Gasteiger partial charge in [0.25, 0.3) is 11.8 Å². The fraction of sp³-hybridized carbons (Fsp3) is 0.176. The van der Waals surface area contributed by atoms with Crippen LogP contribution in [0.15, 0.2) is 53.0 Å². The second kappa shape index (κ2) is 7.89. The molecule has 2 aromatic rings. The first-order chi connectivity index (χ1) is 12.1. The Hall–Kier alpha value is -2.74. The quantitative estimate of drug-likeness (QED) is 0.756. The molecule has 0 saturated carbocycles. The molecular formula is C17H15BrN2O5. The number of hydrazine groups is 1. The predicted octanol–water partition coefficient (Wildman–Crippen LogP) is 1.82. The number of carbonyl (C=O) groups excluding carboxylic acids is 2. The highest BCUT2D eigenvalue weighted by Gasteiger charge is 2.27. The van der Waals surface area contributed by atoms with Gasteiger partial charge in [0.05, 0.1) is 0 Å². The van der Waals surface area contributed by atoms with Crippen molar-refractivity contribution in [2.75, 3.05) is 13.2 Å². The van der Waals surface area contributed by atoms with Gasteiger partial charge in [-0.3, -0.25) is 20.4 Å². The molecule has 25 heavy (non-hydrogen) atoms. The fourth-order valence-electron chi connectivity index (χ4n) is 2.08. The largest absolute Gasteiger partial charge is 0.485 e. The monoisotopic (exact) mass is 406 g/mol.